The number of primary amides is 1. The Morgan fingerprint density at radius 3 is 2.13 bits per heavy atom. The van der Waals surface area contributed by atoms with Gasteiger partial charge in [-0.3, -0.25) is 4.79 Å². The smallest absolute Gasteiger partial charge is 0.267 e. The van der Waals surface area contributed by atoms with Gasteiger partial charge < -0.3 is 10.5 Å². The van der Waals surface area contributed by atoms with E-state index in [2.05, 4.69) is 4.98 Å². The molecule has 0 aliphatic carbocycles. The monoisotopic (exact) mass is 304 g/mol. The maximum atomic E-state index is 11.2. The van der Waals surface area contributed by atoms with E-state index in [-0.39, 0.29) is 5.69 Å². The summed E-state index contributed by atoms with van der Waals surface area (Å²) in [6, 6.07) is 20.6. The van der Waals surface area contributed by atoms with Gasteiger partial charge in [0, 0.05) is 5.56 Å². The van der Waals surface area contributed by atoms with Crippen LogP contribution >= 0.6 is 0 Å². The number of aryl methyl sites for hydroxylation is 1. The number of carbonyl (C=O) groups is 1. The van der Waals surface area contributed by atoms with Crippen LogP contribution < -0.4 is 10.5 Å². The Hall–Kier alpha value is -3.14. The molecule has 4 nitrogen and oxygen atoms in total. The first-order chi connectivity index (χ1) is 11.1. The van der Waals surface area contributed by atoms with Gasteiger partial charge in [-0.25, -0.2) is 4.98 Å². The van der Waals surface area contributed by atoms with E-state index in [1.165, 1.54) is 5.56 Å². The van der Waals surface area contributed by atoms with Crippen LogP contribution in [0.25, 0.3) is 11.3 Å². The minimum Gasteiger partial charge on any atom is -0.457 e. The van der Waals surface area contributed by atoms with E-state index in [4.69, 9.17) is 10.5 Å². The van der Waals surface area contributed by atoms with Crippen molar-refractivity contribution >= 4 is 5.91 Å². The van der Waals surface area contributed by atoms with Crippen molar-refractivity contribution in [2.45, 2.75) is 6.92 Å². The quantitative estimate of drug-likeness (QED) is 0.793. The van der Waals surface area contributed by atoms with E-state index in [9.17, 15) is 4.79 Å². The van der Waals surface area contributed by atoms with E-state index >= 15 is 0 Å². The maximum absolute atomic E-state index is 11.2. The number of pyridine rings is 1. The Labute approximate surface area is 134 Å². The summed E-state index contributed by atoms with van der Waals surface area (Å²) in [6.07, 6.45) is 0. The second kappa shape index (κ2) is 6.32. The zero-order valence-corrected chi connectivity index (χ0v) is 12.7. The number of nitrogens with zero attached hydrogens (tertiary/aromatic N) is 1. The minimum atomic E-state index is -0.536. The molecule has 0 saturated carbocycles. The summed E-state index contributed by atoms with van der Waals surface area (Å²) in [5.41, 5.74) is 8.29. The van der Waals surface area contributed by atoms with Gasteiger partial charge in [-0.2, -0.15) is 0 Å². The number of amides is 1. The Kier molecular flexibility index (Phi) is 4.06. The predicted octanol–water partition coefficient (Wildman–Crippen LogP) is 3.95. The molecule has 0 aliphatic heterocycles. The highest BCUT2D eigenvalue weighted by molar-refractivity contribution is 5.91. The number of rotatable bonds is 4. The Bertz CT molecular complexity index is 825. The number of aromatic nitrogens is 1. The molecule has 23 heavy (non-hydrogen) atoms. The van der Waals surface area contributed by atoms with Crippen LogP contribution in [-0.4, -0.2) is 10.9 Å². The SMILES string of the molecule is Cc1ccc(Oc2ccc(-c3cccc(C(N)=O)n3)cc2)cc1. The van der Waals surface area contributed by atoms with Gasteiger partial charge in [-0.1, -0.05) is 23.8 Å². The molecule has 0 bridgehead atoms. The summed E-state index contributed by atoms with van der Waals surface area (Å²) in [5.74, 6) is 0.993. The minimum absolute atomic E-state index is 0.252. The van der Waals surface area contributed by atoms with Gasteiger partial charge >= 0.3 is 0 Å². The fourth-order valence-electron chi connectivity index (χ4n) is 2.17. The van der Waals surface area contributed by atoms with Crippen molar-refractivity contribution in [2.75, 3.05) is 0 Å². The number of nitrogens with two attached hydrogens (primary N) is 1. The zero-order valence-electron chi connectivity index (χ0n) is 12.7. The van der Waals surface area contributed by atoms with Crippen molar-refractivity contribution in [3.63, 3.8) is 0 Å². The highest BCUT2D eigenvalue weighted by atomic mass is 16.5. The summed E-state index contributed by atoms with van der Waals surface area (Å²) in [6.45, 7) is 2.03. The number of hydrogen-bond donors (Lipinski definition) is 1. The number of carbonyl (C=O) groups excluding carboxylic acids is 1. The third kappa shape index (κ3) is 3.55. The lowest BCUT2D eigenvalue weighted by Crippen LogP contribution is -2.12. The Morgan fingerprint density at radius 2 is 1.52 bits per heavy atom. The van der Waals surface area contributed by atoms with Gasteiger partial charge in [0.1, 0.15) is 17.2 Å². The molecule has 0 aliphatic rings. The molecule has 0 atom stereocenters. The molecule has 1 amide bonds. The van der Waals surface area contributed by atoms with Crippen molar-refractivity contribution in [3.8, 4) is 22.8 Å². The predicted molar refractivity (Wildman–Crippen MR) is 89.4 cm³/mol. The van der Waals surface area contributed by atoms with Crippen LogP contribution in [0.15, 0.2) is 66.7 Å². The fraction of sp³-hybridized carbons (Fsp3) is 0.0526. The van der Waals surface area contributed by atoms with E-state index in [1.807, 2.05) is 61.5 Å². The summed E-state index contributed by atoms with van der Waals surface area (Å²) < 4.78 is 5.79. The molecular weight excluding hydrogens is 288 g/mol. The van der Waals surface area contributed by atoms with Crippen molar-refractivity contribution in [1.29, 1.82) is 0 Å². The van der Waals surface area contributed by atoms with Crippen LogP contribution in [0.5, 0.6) is 11.5 Å². The molecule has 1 aromatic heterocycles. The molecule has 0 unspecified atom stereocenters. The summed E-state index contributed by atoms with van der Waals surface area (Å²) >= 11 is 0. The van der Waals surface area contributed by atoms with Crippen LogP contribution in [0, 0.1) is 6.92 Å². The van der Waals surface area contributed by atoms with Crippen LogP contribution in [0.1, 0.15) is 16.1 Å². The Balaban J connectivity index is 1.80. The van der Waals surface area contributed by atoms with Crippen molar-refractivity contribution in [2.24, 2.45) is 5.73 Å². The lowest BCUT2D eigenvalue weighted by Gasteiger charge is -2.07. The molecule has 2 aromatic carbocycles. The second-order valence-corrected chi connectivity index (χ2v) is 5.21. The number of ether oxygens (including phenoxy) is 1. The van der Waals surface area contributed by atoms with Gasteiger partial charge in [-0.15, -0.1) is 0 Å². The molecule has 1 heterocycles. The van der Waals surface area contributed by atoms with Gasteiger partial charge in [-0.05, 0) is 55.5 Å². The van der Waals surface area contributed by atoms with Gasteiger partial charge in [0.25, 0.3) is 5.91 Å². The van der Waals surface area contributed by atoms with Crippen LogP contribution in [-0.2, 0) is 0 Å². The van der Waals surface area contributed by atoms with E-state index in [0.29, 0.717) is 5.69 Å². The highest BCUT2D eigenvalue weighted by Gasteiger charge is 2.05. The van der Waals surface area contributed by atoms with E-state index < -0.39 is 5.91 Å². The van der Waals surface area contributed by atoms with Crippen molar-refractivity contribution in [1.82, 2.24) is 4.98 Å². The summed E-state index contributed by atoms with van der Waals surface area (Å²) in [4.78, 5) is 15.5. The fourth-order valence-corrected chi connectivity index (χ4v) is 2.17. The lowest BCUT2D eigenvalue weighted by molar-refractivity contribution is 0.0995. The Morgan fingerprint density at radius 1 is 0.913 bits per heavy atom. The van der Waals surface area contributed by atoms with Gasteiger partial charge in [0.05, 0.1) is 5.69 Å². The average molecular weight is 304 g/mol. The molecule has 3 aromatic rings. The summed E-state index contributed by atoms with van der Waals surface area (Å²) in [7, 11) is 0. The molecule has 0 saturated heterocycles. The van der Waals surface area contributed by atoms with Crippen LogP contribution in [0.2, 0.25) is 0 Å². The molecule has 0 fully saturated rings. The molecule has 0 radical (unpaired) electrons. The zero-order chi connectivity index (χ0) is 16.2. The van der Waals surface area contributed by atoms with E-state index in [1.54, 1.807) is 12.1 Å². The molecule has 2 N–H and O–H groups in total. The topological polar surface area (TPSA) is 65.2 Å². The van der Waals surface area contributed by atoms with Crippen molar-refractivity contribution < 1.29 is 9.53 Å². The lowest BCUT2D eigenvalue weighted by atomic mass is 10.1. The van der Waals surface area contributed by atoms with Crippen LogP contribution in [0.3, 0.4) is 0 Å². The first-order valence-corrected chi connectivity index (χ1v) is 7.24. The van der Waals surface area contributed by atoms with Gasteiger partial charge in [0.15, 0.2) is 0 Å². The molecule has 0 spiro atoms. The standard InChI is InChI=1S/C19H16N2O2/c1-13-5-9-15(10-6-13)23-16-11-7-14(8-12-16)17-3-2-4-18(21-17)19(20)22/h2-12H,1H3,(H2,20,22). The average Bonchev–Trinajstić information content (AvgIpc) is 2.58. The molecule has 3 rings (SSSR count). The first-order valence-electron chi connectivity index (χ1n) is 7.24. The third-order valence-electron chi connectivity index (χ3n) is 3.41. The molecule has 114 valence electrons. The van der Waals surface area contributed by atoms with Crippen molar-refractivity contribution in [3.05, 3.63) is 78.0 Å². The molecule has 4 heteroatoms. The van der Waals surface area contributed by atoms with Gasteiger partial charge in [0.2, 0.25) is 0 Å². The molecular formula is C19H16N2O2. The highest BCUT2D eigenvalue weighted by Crippen LogP contribution is 2.25. The van der Waals surface area contributed by atoms with Crippen LogP contribution in [0.4, 0.5) is 0 Å². The number of hydrogen-bond acceptors (Lipinski definition) is 3. The second-order valence-electron chi connectivity index (χ2n) is 5.21. The maximum Gasteiger partial charge on any atom is 0.267 e. The summed E-state index contributed by atoms with van der Waals surface area (Å²) in [5, 5.41) is 0. The largest absolute Gasteiger partial charge is 0.457 e. The normalized spacial score (nSPS) is 10.3. The van der Waals surface area contributed by atoms with E-state index in [0.717, 1.165) is 17.1 Å². The number of benzene rings is 2. The third-order valence-corrected chi connectivity index (χ3v) is 3.41. The first kappa shape index (κ1) is 14.8.